The highest BCUT2D eigenvalue weighted by molar-refractivity contribution is 7.82. The molecule has 8 aromatic carbocycles. The Balaban J connectivity index is 0.000000159. The zero-order valence-corrected chi connectivity index (χ0v) is 45.5. The molecule has 2 aromatic heterocycles. The Morgan fingerprint density at radius 3 is 0.811 bits per heavy atom. The van der Waals surface area contributed by atoms with Gasteiger partial charge in [0.25, 0.3) is 0 Å². The van der Waals surface area contributed by atoms with Crippen LogP contribution < -0.4 is 10.9 Å². The van der Waals surface area contributed by atoms with Crippen molar-refractivity contribution in [3.05, 3.63) is 274 Å². The van der Waals surface area contributed by atoms with Crippen LogP contribution in [0.3, 0.4) is 0 Å². The van der Waals surface area contributed by atoms with Gasteiger partial charge in [-0.05, 0) is 120 Å². The van der Waals surface area contributed by atoms with Gasteiger partial charge in [-0.25, -0.2) is 19.9 Å². The fourth-order valence-corrected chi connectivity index (χ4v) is 21.8. The molecule has 13 rings (SSSR count). The minimum Gasteiger partial charge on any atom is -0.244 e. The highest BCUT2D eigenvalue weighted by atomic mass is 35.5. The maximum absolute atomic E-state index is 6.59. The van der Waals surface area contributed by atoms with E-state index >= 15 is 0 Å². The molecule has 3 aliphatic heterocycles. The molecule has 4 nitrogen and oxygen atoms in total. The van der Waals surface area contributed by atoms with Gasteiger partial charge in [0, 0.05) is 22.6 Å². The van der Waals surface area contributed by atoms with Crippen LogP contribution >= 0.6 is 46.8 Å². The van der Waals surface area contributed by atoms with Gasteiger partial charge < -0.3 is 0 Å². The van der Waals surface area contributed by atoms with Crippen molar-refractivity contribution >= 4 is 87.3 Å². The maximum atomic E-state index is 6.59. The quantitative estimate of drug-likeness (QED) is 0.112. The summed E-state index contributed by atoms with van der Waals surface area (Å²) in [5, 5.41) is 0.491. The maximum Gasteiger partial charge on any atom is 0.363 e. The van der Waals surface area contributed by atoms with Crippen LogP contribution in [-0.4, -0.2) is 27.5 Å². The van der Waals surface area contributed by atoms with Crippen molar-refractivity contribution in [2.45, 2.75) is 72.5 Å². The number of hydrogen-bond donors (Lipinski definition) is 0. The number of aromatic nitrogens is 4. The zero-order valence-electron chi connectivity index (χ0n) is 41.2. The van der Waals surface area contributed by atoms with Gasteiger partial charge in [0.05, 0.1) is 44.3 Å². The molecular formula is C64H57BCl2N4P3+. The van der Waals surface area contributed by atoms with E-state index in [1.807, 2.05) is 24.3 Å². The first kappa shape index (κ1) is 50.5. The molecule has 74 heavy (non-hydrogen) atoms. The van der Waals surface area contributed by atoms with Crippen molar-refractivity contribution < 1.29 is 0 Å². The van der Waals surface area contributed by atoms with Crippen molar-refractivity contribution in [2.75, 3.05) is 0 Å². The summed E-state index contributed by atoms with van der Waals surface area (Å²) in [6, 6.07) is 82.7. The van der Waals surface area contributed by atoms with Gasteiger partial charge in [0.15, 0.2) is 10.3 Å². The van der Waals surface area contributed by atoms with Crippen LogP contribution in [0.15, 0.2) is 231 Å². The van der Waals surface area contributed by atoms with E-state index in [9.17, 15) is 0 Å². The van der Waals surface area contributed by atoms with E-state index < -0.39 is 23.6 Å². The van der Waals surface area contributed by atoms with E-state index in [0.717, 1.165) is 22.1 Å². The molecular weight excluding hydrogens is 999 g/mol. The van der Waals surface area contributed by atoms with Crippen LogP contribution in [-0.2, 0) is 0 Å². The second-order valence-electron chi connectivity index (χ2n) is 19.3. The zero-order chi connectivity index (χ0) is 50.2. The van der Waals surface area contributed by atoms with Gasteiger partial charge in [0.2, 0.25) is 0 Å². The van der Waals surface area contributed by atoms with E-state index in [1.54, 1.807) is 0 Å². The summed E-state index contributed by atoms with van der Waals surface area (Å²) in [6.45, 7) is 0. The number of para-hydroxylation sites is 4. The van der Waals surface area contributed by atoms with Crippen LogP contribution in [0.4, 0.5) is 0 Å². The van der Waals surface area contributed by atoms with Gasteiger partial charge in [-0.2, -0.15) is 0 Å². The normalized spacial score (nSPS) is 22.4. The topological polar surface area (TPSA) is 51.6 Å². The van der Waals surface area contributed by atoms with Gasteiger partial charge in [-0.15, -0.1) is 0 Å². The molecule has 2 radical (unpaired) electrons. The van der Waals surface area contributed by atoms with Crippen molar-refractivity contribution in [1.29, 1.82) is 0 Å². The van der Waals surface area contributed by atoms with Gasteiger partial charge in [-0.3, -0.25) is 0 Å². The Hall–Kier alpha value is -5.63. The molecule has 0 amide bonds. The third-order valence-electron chi connectivity index (χ3n) is 15.0. The standard InChI is InChI=1S/C40H36N2P2.C16H17BP.C8H4Cl2N2/c1-5-15-29(16-6-1)35-25-26-36(30-17-7-2-8-18-30)43(35)39-40(42-34-24-14-13-23-33(34)41-39)44-37(31-19-9-3-10-20-31)27-28-38(44)32-21-11-4-12-22-32;17-18-15(13-7-3-1-4-8-13)11-12-16(18)14-9-5-2-6-10-14;9-7-8(10)12-6-4-2-1-3-5(6)11-7/h1-24,35-38H,25-28H2;1-10,15-16,18H,11-12H2;1-4H/q;+1;/t35-,36?,37-,38?,43?,44?;15-,16-;/m00./s1. The smallest absolute Gasteiger partial charge is 0.244 e. The Bertz CT molecular complexity index is 3090. The molecule has 364 valence electrons. The first-order chi connectivity index (χ1) is 36.5. The molecule has 0 bridgehead atoms. The summed E-state index contributed by atoms with van der Waals surface area (Å²) in [5.41, 5.74) is 18.0. The molecule has 0 spiro atoms. The summed E-state index contributed by atoms with van der Waals surface area (Å²) in [4.78, 5) is 19.5. The van der Waals surface area contributed by atoms with Gasteiger partial charge in [0.1, 0.15) is 0 Å². The summed E-state index contributed by atoms with van der Waals surface area (Å²) >= 11 is 11.4. The molecule has 0 saturated carbocycles. The van der Waals surface area contributed by atoms with Crippen LogP contribution in [0.25, 0.3) is 22.1 Å². The van der Waals surface area contributed by atoms with Crippen LogP contribution in [0.1, 0.15) is 106 Å². The van der Waals surface area contributed by atoms with E-state index in [-0.39, 0.29) is 10.3 Å². The first-order valence-corrected chi connectivity index (χ1v) is 31.3. The predicted octanol–water partition coefficient (Wildman–Crippen LogP) is 17.9. The summed E-state index contributed by atoms with van der Waals surface area (Å²) < 4.78 is 0. The number of fused-ring (bicyclic) bond motifs is 2. The molecule has 10 heteroatoms. The molecule has 0 N–H and O–H groups in total. The fourth-order valence-electron chi connectivity index (χ4n) is 11.5. The summed E-state index contributed by atoms with van der Waals surface area (Å²) in [5.74, 6) is 0. The van der Waals surface area contributed by atoms with E-state index in [4.69, 9.17) is 40.7 Å². The van der Waals surface area contributed by atoms with Crippen LogP contribution in [0.5, 0.6) is 0 Å². The number of rotatable bonds is 8. The third kappa shape index (κ3) is 11.2. The van der Waals surface area contributed by atoms with Crippen molar-refractivity contribution in [3.63, 3.8) is 0 Å². The fraction of sp³-hybridized carbons (Fsp3) is 0.188. The predicted molar refractivity (Wildman–Crippen MR) is 319 cm³/mol. The van der Waals surface area contributed by atoms with Crippen molar-refractivity contribution in [3.8, 4) is 0 Å². The van der Waals surface area contributed by atoms with E-state index in [1.165, 1.54) is 82.8 Å². The SMILES string of the molecule is Clc1nc2ccccc2nc1Cl.[B][PH+]1[C@H](c2ccccc2)CC[C@H]1c1ccccc1.c1ccc(C2CC[C@@H](c3ccccc3)P2c2nc3ccccc3nc2P2C(c3ccccc3)CC[C@H]2c2ccccc2)cc1. The molecule has 3 saturated heterocycles. The first-order valence-electron chi connectivity index (χ1n) is 25.8. The molecule has 3 aliphatic rings. The lowest BCUT2D eigenvalue weighted by Crippen LogP contribution is -2.31. The Morgan fingerprint density at radius 1 is 0.311 bits per heavy atom. The minimum atomic E-state index is -0.839. The highest BCUT2D eigenvalue weighted by Crippen LogP contribution is 2.73. The highest BCUT2D eigenvalue weighted by Gasteiger charge is 2.46. The second-order valence-corrected chi connectivity index (χ2v) is 27.4. The van der Waals surface area contributed by atoms with Crippen molar-refractivity contribution in [1.82, 2.24) is 19.9 Å². The Labute approximate surface area is 451 Å². The van der Waals surface area contributed by atoms with Gasteiger partial charge >= 0.3 is 7.57 Å². The average Bonchev–Trinajstić information content (AvgIpc) is 4.22. The summed E-state index contributed by atoms with van der Waals surface area (Å²) in [7, 11) is 4.42. The Morgan fingerprint density at radius 2 is 0.541 bits per heavy atom. The molecule has 10 aromatic rings. The van der Waals surface area contributed by atoms with E-state index in [2.05, 4.69) is 216 Å². The Kier molecular flexibility index (Phi) is 16.3. The number of nitrogens with zero attached hydrogens (tertiary/aromatic N) is 4. The second kappa shape index (κ2) is 23.9. The third-order valence-corrected chi connectivity index (χ3v) is 25.1. The monoisotopic (exact) mass is 1060 g/mol. The lowest BCUT2D eigenvalue weighted by atomic mass is 10.0. The number of halogens is 2. The lowest BCUT2D eigenvalue weighted by molar-refractivity contribution is 0.765. The van der Waals surface area contributed by atoms with E-state index in [0.29, 0.717) is 34.0 Å². The minimum absolute atomic E-state index is 0.246. The molecule has 3 fully saturated rings. The molecule has 8 atom stereocenters. The van der Waals surface area contributed by atoms with Crippen molar-refractivity contribution in [2.24, 2.45) is 0 Å². The largest absolute Gasteiger partial charge is 0.363 e. The molecule has 5 heterocycles. The number of hydrogen-bond acceptors (Lipinski definition) is 4. The average molecular weight is 1060 g/mol. The molecule has 0 aliphatic carbocycles. The molecule has 4 unspecified atom stereocenters. The van der Waals surface area contributed by atoms with Gasteiger partial charge in [-0.1, -0.05) is 229 Å². The number of benzene rings is 8. The van der Waals surface area contributed by atoms with Crippen LogP contribution in [0, 0.1) is 0 Å². The lowest BCUT2D eigenvalue weighted by Gasteiger charge is -2.32. The van der Waals surface area contributed by atoms with Crippen LogP contribution in [0.2, 0.25) is 10.3 Å². The summed E-state index contributed by atoms with van der Waals surface area (Å²) in [6.07, 6.45) is 7.23.